The zero-order chi connectivity index (χ0) is 11.6. The molecule has 0 amide bonds. The van der Waals surface area contributed by atoms with E-state index in [1.807, 2.05) is 19.9 Å². The monoisotopic (exact) mass is 228 g/mol. The van der Waals surface area contributed by atoms with E-state index in [9.17, 15) is 5.11 Å². The molecule has 0 bridgehead atoms. The third-order valence-electron chi connectivity index (χ3n) is 2.43. The lowest BCUT2D eigenvalue weighted by Gasteiger charge is -2.16. The van der Waals surface area contributed by atoms with Crippen LogP contribution in [0.1, 0.15) is 23.6 Å². The molecule has 1 aromatic rings. The minimum atomic E-state index is -0.392. The molecular weight excluding hydrogens is 212 g/mol. The van der Waals surface area contributed by atoms with E-state index in [0.29, 0.717) is 17.2 Å². The van der Waals surface area contributed by atoms with Crippen molar-refractivity contribution < 1.29 is 9.84 Å². The van der Waals surface area contributed by atoms with Gasteiger partial charge in [-0.15, -0.1) is 0 Å². The van der Waals surface area contributed by atoms with Gasteiger partial charge >= 0.3 is 0 Å². The predicted octanol–water partition coefficient (Wildman–Crippen LogP) is 2.89. The third kappa shape index (κ3) is 2.64. The Labute approximate surface area is 95.8 Å². The van der Waals surface area contributed by atoms with Gasteiger partial charge in [0.15, 0.2) is 0 Å². The van der Waals surface area contributed by atoms with Crippen LogP contribution in [0.4, 0.5) is 0 Å². The van der Waals surface area contributed by atoms with Crippen molar-refractivity contribution in [3.05, 3.63) is 27.8 Å². The van der Waals surface area contributed by atoms with Gasteiger partial charge in [-0.2, -0.15) is 0 Å². The highest BCUT2D eigenvalue weighted by atomic mass is 35.5. The Morgan fingerprint density at radius 3 is 2.47 bits per heavy atom. The molecule has 0 aliphatic carbocycles. The van der Waals surface area contributed by atoms with Crippen LogP contribution in [0.25, 0.3) is 0 Å². The number of benzene rings is 1. The van der Waals surface area contributed by atoms with Gasteiger partial charge in [-0.05, 0) is 31.9 Å². The van der Waals surface area contributed by atoms with Gasteiger partial charge in [-0.25, -0.2) is 0 Å². The van der Waals surface area contributed by atoms with Gasteiger partial charge in [0.05, 0.1) is 18.2 Å². The molecule has 0 heterocycles. The Morgan fingerprint density at radius 1 is 1.40 bits per heavy atom. The van der Waals surface area contributed by atoms with Gasteiger partial charge in [0.2, 0.25) is 0 Å². The van der Waals surface area contributed by atoms with Crippen molar-refractivity contribution in [2.24, 2.45) is 0 Å². The first-order valence-corrected chi connectivity index (χ1v) is 5.35. The highest BCUT2D eigenvalue weighted by Crippen LogP contribution is 2.34. The molecule has 1 atom stereocenters. The summed E-state index contributed by atoms with van der Waals surface area (Å²) < 4.78 is 5.30. The summed E-state index contributed by atoms with van der Waals surface area (Å²) in [6.07, 6.45) is 0.172. The SMILES string of the molecule is COc1c(Cl)c(C)cc(C)c1CC(C)O. The zero-order valence-electron chi connectivity index (χ0n) is 9.60. The van der Waals surface area contributed by atoms with E-state index in [1.165, 1.54) is 0 Å². The average Bonchev–Trinajstić information content (AvgIpc) is 2.14. The van der Waals surface area contributed by atoms with Crippen LogP contribution < -0.4 is 4.74 Å². The van der Waals surface area contributed by atoms with Crippen molar-refractivity contribution in [2.45, 2.75) is 33.3 Å². The maximum atomic E-state index is 9.41. The number of aliphatic hydroxyl groups is 1. The van der Waals surface area contributed by atoms with Crippen molar-refractivity contribution in [1.82, 2.24) is 0 Å². The Hall–Kier alpha value is -0.730. The van der Waals surface area contributed by atoms with Crippen LogP contribution in [0, 0.1) is 13.8 Å². The van der Waals surface area contributed by atoms with Gasteiger partial charge < -0.3 is 9.84 Å². The lowest BCUT2D eigenvalue weighted by molar-refractivity contribution is 0.194. The fourth-order valence-electron chi connectivity index (χ4n) is 1.73. The van der Waals surface area contributed by atoms with Crippen LogP contribution in [0.3, 0.4) is 0 Å². The number of methoxy groups -OCH3 is 1. The van der Waals surface area contributed by atoms with Gasteiger partial charge in [0, 0.05) is 12.0 Å². The first-order valence-electron chi connectivity index (χ1n) is 4.98. The fraction of sp³-hybridized carbons (Fsp3) is 0.500. The zero-order valence-corrected chi connectivity index (χ0v) is 10.4. The van der Waals surface area contributed by atoms with Crippen LogP contribution in [0.5, 0.6) is 5.75 Å². The molecule has 0 fully saturated rings. The van der Waals surface area contributed by atoms with Crippen molar-refractivity contribution in [1.29, 1.82) is 0 Å². The van der Waals surface area contributed by atoms with Crippen molar-refractivity contribution in [3.63, 3.8) is 0 Å². The lowest BCUT2D eigenvalue weighted by atomic mass is 9.99. The highest BCUT2D eigenvalue weighted by molar-refractivity contribution is 6.33. The van der Waals surface area contributed by atoms with E-state index in [1.54, 1.807) is 14.0 Å². The molecule has 0 aromatic heterocycles. The molecule has 2 nitrogen and oxygen atoms in total. The summed E-state index contributed by atoms with van der Waals surface area (Å²) >= 11 is 6.15. The number of rotatable bonds is 3. The van der Waals surface area contributed by atoms with E-state index in [-0.39, 0.29) is 0 Å². The maximum Gasteiger partial charge on any atom is 0.141 e. The van der Waals surface area contributed by atoms with Gasteiger partial charge in [-0.1, -0.05) is 17.7 Å². The summed E-state index contributed by atoms with van der Waals surface area (Å²) in [5.41, 5.74) is 3.10. The second kappa shape index (κ2) is 4.86. The minimum absolute atomic E-state index is 0.392. The molecule has 1 aromatic carbocycles. The van der Waals surface area contributed by atoms with Crippen molar-refractivity contribution in [2.75, 3.05) is 7.11 Å². The summed E-state index contributed by atoms with van der Waals surface area (Å²) in [7, 11) is 1.60. The Kier molecular flexibility index (Phi) is 4.00. The molecule has 0 saturated heterocycles. The van der Waals surface area contributed by atoms with Gasteiger partial charge in [0.1, 0.15) is 5.75 Å². The van der Waals surface area contributed by atoms with E-state index in [4.69, 9.17) is 16.3 Å². The number of hydrogen-bond acceptors (Lipinski definition) is 2. The number of halogens is 1. The average molecular weight is 229 g/mol. The second-order valence-electron chi connectivity index (χ2n) is 3.89. The summed E-state index contributed by atoms with van der Waals surface area (Å²) in [4.78, 5) is 0. The fourth-order valence-corrected chi connectivity index (χ4v) is 1.97. The quantitative estimate of drug-likeness (QED) is 0.862. The Balaban J connectivity index is 3.29. The van der Waals surface area contributed by atoms with Crippen LogP contribution in [-0.2, 0) is 6.42 Å². The summed E-state index contributed by atoms with van der Waals surface area (Å²) in [5, 5.41) is 10.0. The molecule has 1 rings (SSSR count). The second-order valence-corrected chi connectivity index (χ2v) is 4.27. The normalized spacial score (nSPS) is 12.7. The molecule has 0 radical (unpaired) electrons. The molecule has 15 heavy (non-hydrogen) atoms. The van der Waals surface area contributed by atoms with E-state index in [0.717, 1.165) is 16.7 Å². The number of aliphatic hydroxyl groups excluding tert-OH is 1. The number of aryl methyl sites for hydroxylation is 2. The molecule has 0 spiro atoms. The van der Waals surface area contributed by atoms with Crippen LogP contribution in [-0.4, -0.2) is 18.3 Å². The van der Waals surface area contributed by atoms with Crippen LogP contribution >= 0.6 is 11.6 Å². The van der Waals surface area contributed by atoms with Crippen molar-refractivity contribution in [3.8, 4) is 5.75 Å². The molecule has 0 aliphatic rings. The summed E-state index contributed by atoms with van der Waals surface area (Å²) in [6, 6.07) is 2.02. The molecule has 1 unspecified atom stereocenters. The van der Waals surface area contributed by atoms with E-state index in [2.05, 4.69) is 0 Å². The highest BCUT2D eigenvalue weighted by Gasteiger charge is 2.14. The minimum Gasteiger partial charge on any atom is -0.495 e. The molecule has 0 aliphatic heterocycles. The first kappa shape index (κ1) is 12.3. The van der Waals surface area contributed by atoms with Crippen molar-refractivity contribution >= 4 is 11.6 Å². The maximum absolute atomic E-state index is 9.41. The predicted molar refractivity (Wildman–Crippen MR) is 62.9 cm³/mol. The largest absolute Gasteiger partial charge is 0.495 e. The molecule has 0 saturated carbocycles. The Bertz CT molecular complexity index is 359. The molecule has 84 valence electrons. The molecular formula is C12H17ClO2. The van der Waals surface area contributed by atoms with E-state index < -0.39 is 6.10 Å². The number of ether oxygens (including phenoxy) is 1. The molecule has 3 heteroatoms. The Morgan fingerprint density at radius 2 is 2.00 bits per heavy atom. The van der Waals surface area contributed by atoms with Crippen LogP contribution in [0.2, 0.25) is 5.02 Å². The molecule has 1 N–H and O–H groups in total. The summed E-state index contributed by atoms with van der Waals surface area (Å²) in [5.74, 6) is 0.690. The van der Waals surface area contributed by atoms with Crippen LogP contribution in [0.15, 0.2) is 6.07 Å². The lowest BCUT2D eigenvalue weighted by Crippen LogP contribution is -2.08. The smallest absolute Gasteiger partial charge is 0.141 e. The third-order valence-corrected chi connectivity index (χ3v) is 2.90. The summed E-state index contributed by atoms with van der Waals surface area (Å²) in [6.45, 7) is 5.71. The first-order chi connectivity index (χ1) is 6.97. The van der Waals surface area contributed by atoms with Gasteiger partial charge in [-0.3, -0.25) is 0 Å². The standard InChI is InChI=1S/C12H17ClO2/c1-7-5-8(2)11(13)12(15-4)10(7)6-9(3)14/h5,9,14H,6H2,1-4H3. The number of hydrogen-bond donors (Lipinski definition) is 1. The topological polar surface area (TPSA) is 29.5 Å². The van der Waals surface area contributed by atoms with Gasteiger partial charge in [0.25, 0.3) is 0 Å². The van der Waals surface area contributed by atoms with E-state index >= 15 is 0 Å².